The second-order valence-electron chi connectivity index (χ2n) is 5.74. The van der Waals surface area contributed by atoms with Gasteiger partial charge in [0, 0.05) is 33.4 Å². The van der Waals surface area contributed by atoms with Gasteiger partial charge < -0.3 is 9.91 Å². The van der Waals surface area contributed by atoms with E-state index in [-0.39, 0.29) is 5.56 Å². The van der Waals surface area contributed by atoms with Gasteiger partial charge in [-0.1, -0.05) is 0 Å². The normalized spacial score (nSPS) is 15.1. The predicted octanol–water partition coefficient (Wildman–Crippen LogP) is 1.80. The highest BCUT2D eigenvalue weighted by atomic mass is 32.1. The first-order chi connectivity index (χ1) is 10.7. The summed E-state index contributed by atoms with van der Waals surface area (Å²) in [5, 5.41) is 3.04. The lowest BCUT2D eigenvalue weighted by Crippen LogP contribution is -2.39. The quantitative estimate of drug-likeness (QED) is 0.722. The first-order valence-electron chi connectivity index (χ1n) is 7.38. The second kappa shape index (κ2) is 4.95. The molecular weight excluding hydrogens is 298 g/mol. The van der Waals surface area contributed by atoms with Crippen LogP contribution in [0.15, 0.2) is 23.4 Å². The Morgan fingerprint density at radius 2 is 2.00 bits per heavy atom. The van der Waals surface area contributed by atoms with E-state index in [0.717, 1.165) is 47.4 Å². The van der Waals surface area contributed by atoms with Gasteiger partial charge in [-0.05, 0) is 18.9 Å². The molecule has 0 radical (unpaired) electrons. The van der Waals surface area contributed by atoms with Crippen molar-refractivity contribution in [1.82, 2.24) is 14.6 Å². The van der Waals surface area contributed by atoms with Crippen molar-refractivity contribution in [2.75, 3.05) is 37.1 Å². The van der Waals surface area contributed by atoms with Gasteiger partial charge in [0.2, 0.25) is 0 Å². The molecule has 1 fully saturated rings. The Morgan fingerprint density at radius 3 is 2.73 bits per heavy atom. The molecule has 0 aromatic carbocycles. The van der Waals surface area contributed by atoms with Crippen molar-refractivity contribution in [2.24, 2.45) is 0 Å². The van der Waals surface area contributed by atoms with Crippen molar-refractivity contribution in [3.8, 4) is 0 Å². The zero-order valence-electron chi connectivity index (χ0n) is 12.6. The van der Waals surface area contributed by atoms with Gasteiger partial charge in [-0.15, -0.1) is 11.3 Å². The standard InChI is InChI=1S/C15H17N5OS/c1-18(2)10-5-6-16-14-11(10)12-13(22-14)15(21)20(9-17-12)19-7-3-4-8-19/h5-6,9H,3-4,7-8H2,1-2H3. The molecule has 4 heterocycles. The van der Waals surface area contributed by atoms with Gasteiger partial charge in [-0.3, -0.25) is 4.79 Å². The number of anilines is 1. The molecule has 0 aliphatic carbocycles. The summed E-state index contributed by atoms with van der Waals surface area (Å²) in [7, 11) is 3.98. The van der Waals surface area contributed by atoms with Crippen LogP contribution in [-0.2, 0) is 0 Å². The van der Waals surface area contributed by atoms with Gasteiger partial charge >= 0.3 is 0 Å². The molecule has 0 spiro atoms. The molecule has 0 bridgehead atoms. The van der Waals surface area contributed by atoms with E-state index in [1.54, 1.807) is 17.2 Å². The number of hydrogen-bond acceptors (Lipinski definition) is 6. The van der Waals surface area contributed by atoms with E-state index in [1.165, 1.54) is 11.3 Å². The summed E-state index contributed by atoms with van der Waals surface area (Å²) >= 11 is 1.43. The zero-order valence-corrected chi connectivity index (χ0v) is 13.4. The molecule has 4 rings (SSSR count). The van der Waals surface area contributed by atoms with Gasteiger partial charge in [-0.2, -0.15) is 0 Å². The van der Waals surface area contributed by atoms with Gasteiger partial charge in [0.1, 0.15) is 21.4 Å². The lowest BCUT2D eigenvalue weighted by molar-refractivity contribution is 0.634. The SMILES string of the molecule is CN(C)c1ccnc2sc3c(=O)n(N4CCCC4)cnc3c12. The summed E-state index contributed by atoms with van der Waals surface area (Å²) in [6.07, 6.45) is 5.70. The predicted molar refractivity (Wildman–Crippen MR) is 90.7 cm³/mol. The summed E-state index contributed by atoms with van der Waals surface area (Å²) in [4.78, 5) is 24.7. The van der Waals surface area contributed by atoms with Gasteiger partial charge in [0.05, 0.1) is 11.1 Å². The highest BCUT2D eigenvalue weighted by molar-refractivity contribution is 7.25. The molecule has 1 saturated heterocycles. The van der Waals surface area contributed by atoms with Crippen LogP contribution in [0.5, 0.6) is 0 Å². The average molecular weight is 315 g/mol. The third-order valence-corrected chi connectivity index (χ3v) is 5.19. The van der Waals surface area contributed by atoms with Crippen molar-refractivity contribution in [3.63, 3.8) is 0 Å². The van der Waals surface area contributed by atoms with Crippen molar-refractivity contribution >= 4 is 37.5 Å². The van der Waals surface area contributed by atoms with E-state index in [4.69, 9.17) is 0 Å². The molecule has 3 aromatic rings. The molecule has 7 heteroatoms. The average Bonchev–Trinajstić information content (AvgIpc) is 3.14. The molecule has 22 heavy (non-hydrogen) atoms. The van der Waals surface area contributed by atoms with Crippen molar-refractivity contribution in [1.29, 1.82) is 0 Å². The maximum atomic E-state index is 12.8. The van der Waals surface area contributed by atoms with Crippen molar-refractivity contribution in [2.45, 2.75) is 12.8 Å². The van der Waals surface area contributed by atoms with Crippen LogP contribution in [0.1, 0.15) is 12.8 Å². The molecule has 3 aromatic heterocycles. The van der Waals surface area contributed by atoms with Crippen LogP contribution >= 0.6 is 11.3 Å². The monoisotopic (exact) mass is 315 g/mol. The summed E-state index contributed by atoms with van der Waals surface area (Å²) in [5.41, 5.74) is 1.82. The number of thiophene rings is 1. The van der Waals surface area contributed by atoms with E-state index < -0.39 is 0 Å². The summed E-state index contributed by atoms with van der Waals surface area (Å²) in [5.74, 6) is 0. The minimum Gasteiger partial charge on any atom is -0.377 e. The first-order valence-corrected chi connectivity index (χ1v) is 8.20. The minimum atomic E-state index is 0.0135. The largest absolute Gasteiger partial charge is 0.377 e. The molecule has 1 aliphatic rings. The third kappa shape index (κ3) is 1.89. The second-order valence-corrected chi connectivity index (χ2v) is 6.74. The van der Waals surface area contributed by atoms with E-state index in [0.29, 0.717) is 4.70 Å². The van der Waals surface area contributed by atoms with Crippen LogP contribution in [0.4, 0.5) is 5.69 Å². The van der Waals surface area contributed by atoms with Gasteiger partial charge in [-0.25, -0.2) is 14.6 Å². The fourth-order valence-corrected chi connectivity index (χ4v) is 4.06. The first kappa shape index (κ1) is 13.5. The van der Waals surface area contributed by atoms with Crippen LogP contribution in [0.2, 0.25) is 0 Å². The summed E-state index contributed by atoms with van der Waals surface area (Å²) in [6, 6.07) is 1.96. The fourth-order valence-electron chi connectivity index (χ4n) is 3.02. The van der Waals surface area contributed by atoms with Crippen molar-refractivity contribution in [3.05, 3.63) is 28.9 Å². The van der Waals surface area contributed by atoms with Crippen molar-refractivity contribution < 1.29 is 0 Å². The molecular formula is C15H17N5OS. The third-order valence-electron chi connectivity index (χ3n) is 4.11. The molecule has 1 aliphatic heterocycles. The van der Waals surface area contributed by atoms with Crippen LogP contribution in [0.3, 0.4) is 0 Å². The van der Waals surface area contributed by atoms with E-state index in [2.05, 4.69) is 15.0 Å². The van der Waals surface area contributed by atoms with Gasteiger partial charge in [0.25, 0.3) is 5.56 Å². The highest BCUT2D eigenvalue weighted by Crippen LogP contribution is 2.34. The van der Waals surface area contributed by atoms with Crippen LogP contribution in [-0.4, -0.2) is 41.8 Å². The zero-order chi connectivity index (χ0) is 15.3. The number of nitrogens with zero attached hydrogens (tertiary/aromatic N) is 5. The molecule has 114 valence electrons. The van der Waals surface area contributed by atoms with E-state index >= 15 is 0 Å². The Kier molecular flexibility index (Phi) is 3.04. The highest BCUT2D eigenvalue weighted by Gasteiger charge is 2.19. The topological polar surface area (TPSA) is 54.3 Å². The Balaban J connectivity index is 2.02. The lowest BCUT2D eigenvalue weighted by Gasteiger charge is -2.19. The van der Waals surface area contributed by atoms with Crippen LogP contribution in [0.25, 0.3) is 20.4 Å². The number of aromatic nitrogens is 3. The molecule has 0 amide bonds. The number of fused-ring (bicyclic) bond motifs is 3. The van der Waals surface area contributed by atoms with Crippen LogP contribution < -0.4 is 15.5 Å². The lowest BCUT2D eigenvalue weighted by atomic mass is 10.2. The fraction of sp³-hybridized carbons (Fsp3) is 0.400. The Bertz CT molecular complexity index is 907. The summed E-state index contributed by atoms with van der Waals surface area (Å²) < 4.78 is 2.35. The maximum Gasteiger partial charge on any atom is 0.290 e. The summed E-state index contributed by atoms with van der Waals surface area (Å²) in [6.45, 7) is 1.83. The molecule has 0 saturated carbocycles. The molecule has 0 N–H and O–H groups in total. The minimum absolute atomic E-state index is 0.0135. The Hall–Kier alpha value is -2.15. The Labute approximate surface area is 131 Å². The van der Waals surface area contributed by atoms with E-state index in [9.17, 15) is 4.79 Å². The number of hydrogen-bond donors (Lipinski definition) is 0. The number of rotatable bonds is 2. The molecule has 6 nitrogen and oxygen atoms in total. The maximum absolute atomic E-state index is 12.8. The van der Waals surface area contributed by atoms with Gasteiger partial charge in [0.15, 0.2) is 0 Å². The smallest absolute Gasteiger partial charge is 0.290 e. The van der Waals surface area contributed by atoms with Crippen LogP contribution in [0, 0.1) is 0 Å². The Morgan fingerprint density at radius 1 is 1.23 bits per heavy atom. The molecule has 0 unspecified atom stereocenters. The van der Waals surface area contributed by atoms with E-state index in [1.807, 2.05) is 25.1 Å². The molecule has 0 atom stereocenters. The number of pyridine rings is 1.